The van der Waals surface area contributed by atoms with Gasteiger partial charge in [-0.25, -0.2) is 4.98 Å². The molecule has 0 saturated heterocycles. The van der Waals surface area contributed by atoms with Crippen molar-refractivity contribution in [1.82, 2.24) is 10.3 Å². The molecule has 0 aromatic carbocycles. The average Bonchev–Trinajstić information content (AvgIpc) is 2.36. The van der Waals surface area contributed by atoms with Crippen LogP contribution in [0.15, 0.2) is 18.3 Å². The van der Waals surface area contributed by atoms with Crippen LogP contribution in [0.1, 0.15) is 26.7 Å². The van der Waals surface area contributed by atoms with Gasteiger partial charge in [0.2, 0.25) is 0 Å². The molecule has 0 bridgehead atoms. The Labute approximate surface area is 108 Å². The second-order valence-electron chi connectivity index (χ2n) is 3.67. The highest BCUT2D eigenvalue weighted by Gasteiger charge is 2.08. The molecule has 1 aromatic heterocycles. The Bertz CT molecular complexity index is 367. The number of rotatable bonds is 5. The Balaban J connectivity index is 2.61. The van der Waals surface area contributed by atoms with Crippen LogP contribution in [-0.2, 0) is 0 Å². The number of pyridine rings is 1. The summed E-state index contributed by atoms with van der Waals surface area (Å²) in [4.78, 5) is 4.18. The van der Waals surface area contributed by atoms with E-state index in [2.05, 4.69) is 29.5 Å². The average molecular weight is 253 g/mol. The quantitative estimate of drug-likeness (QED) is 0.790. The van der Waals surface area contributed by atoms with Gasteiger partial charge in [0.05, 0.1) is 7.11 Å². The highest BCUT2D eigenvalue weighted by atomic mass is 32.1. The maximum atomic E-state index is 5.23. The van der Waals surface area contributed by atoms with Gasteiger partial charge in [0.25, 0.3) is 0 Å². The predicted molar refractivity (Wildman–Crippen MR) is 74.5 cm³/mol. The van der Waals surface area contributed by atoms with Crippen LogP contribution in [-0.4, -0.2) is 23.2 Å². The number of nitrogens with zero attached hydrogens (tertiary/aromatic N) is 1. The summed E-state index contributed by atoms with van der Waals surface area (Å²) >= 11 is 5.23. The smallest absolute Gasteiger partial charge is 0.174 e. The van der Waals surface area contributed by atoms with Gasteiger partial charge in [-0.05, 0) is 37.2 Å². The van der Waals surface area contributed by atoms with Crippen molar-refractivity contribution in [2.75, 3.05) is 12.4 Å². The van der Waals surface area contributed by atoms with Gasteiger partial charge >= 0.3 is 0 Å². The summed E-state index contributed by atoms with van der Waals surface area (Å²) in [5.74, 6) is 1.32. The molecule has 0 amide bonds. The van der Waals surface area contributed by atoms with Crippen LogP contribution in [0.3, 0.4) is 0 Å². The van der Waals surface area contributed by atoms with E-state index >= 15 is 0 Å². The van der Waals surface area contributed by atoms with E-state index in [0.717, 1.165) is 12.8 Å². The fraction of sp³-hybridized carbons (Fsp3) is 0.500. The lowest BCUT2D eigenvalue weighted by Gasteiger charge is -2.18. The third kappa shape index (κ3) is 4.19. The molecule has 0 radical (unpaired) electrons. The van der Waals surface area contributed by atoms with E-state index in [9.17, 15) is 0 Å². The highest BCUT2D eigenvalue weighted by Crippen LogP contribution is 2.19. The molecule has 1 heterocycles. The standard InChI is InChI=1S/C12H19N3OS/c1-4-9(5-2)14-12(17)15-11-10(16-3)7-6-8-13-11/h6-9H,4-5H2,1-3H3,(H2,13,14,15,17). The molecule has 17 heavy (non-hydrogen) atoms. The molecule has 94 valence electrons. The molecule has 0 atom stereocenters. The molecular weight excluding hydrogens is 234 g/mol. The third-order valence-electron chi connectivity index (χ3n) is 2.54. The van der Waals surface area contributed by atoms with Gasteiger partial charge in [-0.3, -0.25) is 0 Å². The number of hydrogen-bond donors (Lipinski definition) is 2. The van der Waals surface area contributed by atoms with E-state index in [1.54, 1.807) is 13.3 Å². The Hall–Kier alpha value is -1.36. The normalized spacial score (nSPS) is 10.1. The Morgan fingerprint density at radius 2 is 2.18 bits per heavy atom. The second-order valence-corrected chi connectivity index (χ2v) is 4.07. The van der Waals surface area contributed by atoms with Gasteiger partial charge in [-0.15, -0.1) is 0 Å². The molecule has 0 saturated carbocycles. The van der Waals surface area contributed by atoms with Crippen molar-refractivity contribution in [1.29, 1.82) is 0 Å². The number of methoxy groups -OCH3 is 1. The van der Waals surface area contributed by atoms with Crippen molar-refractivity contribution in [3.05, 3.63) is 18.3 Å². The van der Waals surface area contributed by atoms with Crippen molar-refractivity contribution in [2.24, 2.45) is 0 Å². The maximum absolute atomic E-state index is 5.23. The summed E-state index contributed by atoms with van der Waals surface area (Å²) in [6, 6.07) is 4.06. The van der Waals surface area contributed by atoms with Crippen molar-refractivity contribution < 1.29 is 4.74 Å². The first-order valence-electron chi connectivity index (χ1n) is 5.77. The molecule has 0 aliphatic rings. The van der Waals surface area contributed by atoms with Crippen LogP contribution in [0.2, 0.25) is 0 Å². The summed E-state index contributed by atoms with van der Waals surface area (Å²) in [5, 5.41) is 6.87. The molecular formula is C12H19N3OS. The Kier molecular flexibility index (Phi) is 5.69. The molecule has 0 aliphatic carbocycles. The zero-order valence-electron chi connectivity index (χ0n) is 10.5. The van der Waals surface area contributed by atoms with Crippen molar-refractivity contribution in [3.63, 3.8) is 0 Å². The first-order chi connectivity index (χ1) is 8.21. The number of ether oxygens (including phenoxy) is 1. The fourth-order valence-electron chi connectivity index (χ4n) is 1.47. The van der Waals surface area contributed by atoms with Crippen LogP contribution < -0.4 is 15.4 Å². The molecule has 5 heteroatoms. The van der Waals surface area contributed by atoms with Crippen molar-refractivity contribution in [3.8, 4) is 5.75 Å². The van der Waals surface area contributed by atoms with Gasteiger partial charge in [-0.2, -0.15) is 0 Å². The lowest BCUT2D eigenvalue weighted by Crippen LogP contribution is -2.37. The lowest BCUT2D eigenvalue weighted by atomic mass is 10.2. The van der Waals surface area contributed by atoms with Gasteiger partial charge in [0.15, 0.2) is 16.7 Å². The van der Waals surface area contributed by atoms with Gasteiger partial charge < -0.3 is 15.4 Å². The van der Waals surface area contributed by atoms with Crippen LogP contribution in [0.25, 0.3) is 0 Å². The zero-order valence-corrected chi connectivity index (χ0v) is 11.3. The van der Waals surface area contributed by atoms with E-state index in [1.165, 1.54) is 0 Å². The number of anilines is 1. The molecule has 4 nitrogen and oxygen atoms in total. The van der Waals surface area contributed by atoms with Crippen molar-refractivity contribution in [2.45, 2.75) is 32.7 Å². The van der Waals surface area contributed by atoms with Gasteiger partial charge in [-0.1, -0.05) is 13.8 Å². The summed E-state index contributed by atoms with van der Waals surface area (Å²) in [6.07, 6.45) is 3.78. The maximum Gasteiger partial charge on any atom is 0.174 e. The Morgan fingerprint density at radius 3 is 2.76 bits per heavy atom. The largest absolute Gasteiger partial charge is 0.493 e. The first-order valence-corrected chi connectivity index (χ1v) is 6.18. The van der Waals surface area contributed by atoms with Gasteiger partial charge in [0.1, 0.15) is 0 Å². The number of aromatic nitrogens is 1. The van der Waals surface area contributed by atoms with Crippen LogP contribution in [0.5, 0.6) is 5.75 Å². The predicted octanol–water partition coefficient (Wildman–Crippen LogP) is 2.57. The highest BCUT2D eigenvalue weighted by molar-refractivity contribution is 7.80. The minimum Gasteiger partial charge on any atom is -0.493 e. The van der Waals surface area contributed by atoms with E-state index < -0.39 is 0 Å². The summed E-state index contributed by atoms with van der Waals surface area (Å²) in [5.41, 5.74) is 0. The molecule has 1 rings (SSSR count). The van der Waals surface area contributed by atoms with Gasteiger partial charge in [0, 0.05) is 12.2 Å². The van der Waals surface area contributed by atoms with Crippen LogP contribution in [0, 0.1) is 0 Å². The Morgan fingerprint density at radius 1 is 1.47 bits per heavy atom. The van der Waals surface area contributed by atoms with E-state index in [1.807, 2.05) is 12.1 Å². The molecule has 1 aromatic rings. The summed E-state index contributed by atoms with van der Waals surface area (Å²) in [7, 11) is 1.61. The number of hydrogen-bond acceptors (Lipinski definition) is 3. The van der Waals surface area contributed by atoms with Crippen molar-refractivity contribution >= 4 is 23.1 Å². The summed E-state index contributed by atoms with van der Waals surface area (Å²) < 4.78 is 5.19. The number of thiocarbonyl (C=S) groups is 1. The van der Waals surface area contributed by atoms with E-state index in [0.29, 0.717) is 22.7 Å². The van der Waals surface area contributed by atoms with Crippen LogP contribution in [0.4, 0.5) is 5.82 Å². The molecule has 0 aliphatic heterocycles. The lowest BCUT2D eigenvalue weighted by molar-refractivity contribution is 0.415. The topological polar surface area (TPSA) is 46.2 Å². The van der Waals surface area contributed by atoms with E-state index in [-0.39, 0.29) is 0 Å². The molecule has 0 fully saturated rings. The minimum atomic E-state index is 0.393. The summed E-state index contributed by atoms with van der Waals surface area (Å²) in [6.45, 7) is 4.26. The molecule has 2 N–H and O–H groups in total. The molecule has 0 unspecified atom stereocenters. The minimum absolute atomic E-state index is 0.393. The zero-order chi connectivity index (χ0) is 12.7. The second kappa shape index (κ2) is 7.06. The van der Waals surface area contributed by atoms with Crippen LogP contribution >= 0.6 is 12.2 Å². The third-order valence-corrected chi connectivity index (χ3v) is 2.76. The first kappa shape index (κ1) is 13.7. The SMILES string of the molecule is CCC(CC)NC(=S)Nc1ncccc1OC. The van der Waals surface area contributed by atoms with E-state index in [4.69, 9.17) is 17.0 Å². The number of nitrogens with one attached hydrogen (secondary N) is 2. The monoisotopic (exact) mass is 253 g/mol. The molecule has 0 spiro atoms. The fourth-order valence-corrected chi connectivity index (χ4v) is 1.73.